The number of rotatable bonds is 11. The summed E-state index contributed by atoms with van der Waals surface area (Å²) in [5.74, 6) is 1.57. The van der Waals surface area contributed by atoms with Crippen molar-refractivity contribution in [2.24, 2.45) is 4.99 Å². The number of ether oxygens (including phenoxy) is 1. The second-order valence-corrected chi connectivity index (χ2v) is 8.40. The van der Waals surface area contributed by atoms with Gasteiger partial charge in [-0.1, -0.05) is 26.0 Å². The molecule has 0 aliphatic heterocycles. The lowest BCUT2D eigenvalue weighted by atomic mass is 10.1. The fraction of sp³-hybridized carbons (Fsp3) is 0.632. The van der Waals surface area contributed by atoms with Crippen molar-refractivity contribution in [1.29, 1.82) is 0 Å². The van der Waals surface area contributed by atoms with E-state index < -0.39 is 10.0 Å². The number of hydrogen-bond acceptors (Lipinski definition) is 4. The molecule has 0 saturated heterocycles. The lowest BCUT2D eigenvalue weighted by Gasteiger charge is -2.18. The third-order valence-electron chi connectivity index (χ3n) is 4.05. The Balaban J connectivity index is 2.51. The summed E-state index contributed by atoms with van der Waals surface area (Å²) in [5.41, 5.74) is 2.24. The Morgan fingerprint density at radius 3 is 2.59 bits per heavy atom. The van der Waals surface area contributed by atoms with Crippen LogP contribution in [0.25, 0.3) is 0 Å². The molecule has 0 bridgehead atoms. The van der Waals surface area contributed by atoms with E-state index in [4.69, 9.17) is 4.74 Å². The van der Waals surface area contributed by atoms with Crippen molar-refractivity contribution in [2.75, 3.05) is 39.5 Å². The van der Waals surface area contributed by atoms with Gasteiger partial charge in [-0.2, -0.15) is 0 Å². The van der Waals surface area contributed by atoms with Gasteiger partial charge in [0.1, 0.15) is 5.75 Å². The fourth-order valence-corrected chi connectivity index (χ4v) is 3.50. The molecule has 2 N–H and O–H groups in total. The SMILES string of the molecule is CCCOc1cc(C)ccc1CNC(=NC)NCCCN(CC)S(C)(=O)=O. The molecule has 8 heteroatoms. The van der Waals surface area contributed by atoms with E-state index in [9.17, 15) is 8.42 Å². The van der Waals surface area contributed by atoms with Crippen LogP contribution in [0.5, 0.6) is 5.75 Å². The quantitative estimate of drug-likeness (QED) is 0.339. The minimum absolute atomic E-state index is 0.486. The number of benzene rings is 1. The standard InChI is InChI=1S/C19H34N4O3S/c1-6-13-26-18-14-16(3)9-10-17(18)15-22-19(20-4)21-11-8-12-23(7-2)27(5,24)25/h9-10,14H,6-8,11-13,15H2,1-5H3,(H2,20,21,22). The molecule has 1 aromatic rings. The minimum Gasteiger partial charge on any atom is -0.493 e. The van der Waals surface area contributed by atoms with Crippen LogP contribution in [0, 0.1) is 6.92 Å². The summed E-state index contributed by atoms with van der Waals surface area (Å²) in [5, 5.41) is 6.50. The minimum atomic E-state index is -3.14. The third kappa shape index (κ3) is 8.62. The van der Waals surface area contributed by atoms with Crippen molar-refractivity contribution in [2.45, 2.75) is 40.2 Å². The number of hydrogen-bond donors (Lipinski definition) is 2. The van der Waals surface area contributed by atoms with Crippen LogP contribution >= 0.6 is 0 Å². The van der Waals surface area contributed by atoms with Gasteiger partial charge in [0.05, 0.1) is 12.9 Å². The molecule has 154 valence electrons. The van der Waals surface area contributed by atoms with Gasteiger partial charge in [0.15, 0.2) is 5.96 Å². The molecular formula is C19H34N4O3S. The van der Waals surface area contributed by atoms with Gasteiger partial charge in [-0.15, -0.1) is 0 Å². The molecular weight excluding hydrogens is 364 g/mol. The predicted molar refractivity (Wildman–Crippen MR) is 112 cm³/mol. The molecule has 0 aliphatic rings. The average Bonchev–Trinajstić information content (AvgIpc) is 2.62. The molecule has 0 unspecified atom stereocenters. The maximum absolute atomic E-state index is 11.6. The van der Waals surface area contributed by atoms with Crippen LogP contribution in [0.3, 0.4) is 0 Å². The van der Waals surface area contributed by atoms with Crippen LogP contribution in [0.1, 0.15) is 37.8 Å². The lowest BCUT2D eigenvalue weighted by Crippen LogP contribution is -2.39. The topological polar surface area (TPSA) is 83.0 Å². The number of aryl methyl sites for hydroxylation is 1. The van der Waals surface area contributed by atoms with Gasteiger partial charge in [-0.25, -0.2) is 12.7 Å². The summed E-state index contributed by atoms with van der Waals surface area (Å²) in [7, 11) is -1.42. The molecule has 0 spiro atoms. The van der Waals surface area contributed by atoms with E-state index in [1.165, 1.54) is 16.1 Å². The third-order valence-corrected chi connectivity index (χ3v) is 5.43. The number of nitrogens with one attached hydrogen (secondary N) is 2. The van der Waals surface area contributed by atoms with Crippen molar-refractivity contribution in [3.8, 4) is 5.75 Å². The summed E-state index contributed by atoms with van der Waals surface area (Å²) < 4.78 is 30.5. The monoisotopic (exact) mass is 398 g/mol. The van der Waals surface area contributed by atoms with Gasteiger partial charge in [-0.05, 0) is 31.4 Å². The van der Waals surface area contributed by atoms with E-state index >= 15 is 0 Å². The average molecular weight is 399 g/mol. The molecule has 1 aromatic carbocycles. The number of nitrogens with zero attached hydrogens (tertiary/aromatic N) is 2. The molecule has 0 aromatic heterocycles. The Morgan fingerprint density at radius 2 is 2.00 bits per heavy atom. The van der Waals surface area contributed by atoms with Crippen molar-refractivity contribution < 1.29 is 13.2 Å². The lowest BCUT2D eigenvalue weighted by molar-refractivity contribution is 0.313. The number of aliphatic imine (C=N–C) groups is 1. The highest BCUT2D eigenvalue weighted by Crippen LogP contribution is 2.20. The van der Waals surface area contributed by atoms with Crippen molar-refractivity contribution in [3.63, 3.8) is 0 Å². The highest BCUT2D eigenvalue weighted by Gasteiger charge is 2.13. The smallest absolute Gasteiger partial charge is 0.211 e. The van der Waals surface area contributed by atoms with Crippen LogP contribution in [-0.4, -0.2) is 58.2 Å². The van der Waals surface area contributed by atoms with Crippen LogP contribution in [-0.2, 0) is 16.6 Å². The van der Waals surface area contributed by atoms with Crippen LogP contribution < -0.4 is 15.4 Å². The Kier molecular flexibility index (Phi) is 10.2. The van der Waals surface area contributed by atoms with E-state index in [0.29, 0.717) is 45.2 Å². The Morgan fingerprint density at radius 1 is 1.26 bits per heavy atom. The zero-order valence-electron chi connectivity index (χ0n) is 17.2. The molecule has 0 aliphatic carbocycles. The molecule has 0 atom stereocenters. The molecule has 0 amide bonds. The van der Waals surface area contributed by atoms with Gasteiger partial charge in [-0.3, -0.25) is 4.99 Å². The highest BCUT2D eigenvalue weighted by atomic mass is 32.2. The zero-order valence-corrected chi connectivity index (χ0v) is 18.0. The van der Waals surface area contributed by atoms with Gasteiger partial charge >= 0.3 is 0 Å². The Hall–Kier alpha value is -1.80. The second-order valence-electron chi connectivity index (χ2n) is 6.42. The van der Waals surface area contributed by atoms with Gasteiger partial charge < -0.3 is 15.4 Å². The second kappa shape index (κ2) is 11.8. The van der Waals surface area contributed by atoms with Gasteiger partial charge in [0.2, 0.25) is 10.0 Å². The van der Waals surface area contributed by atoms with E-state index in [-0.39, 0.29) is 0 Å². The first kappa shape index (κ1) is 23.2. The van der Waals surface area contributed by atoms with E-state index in [1.54, 1.807) is 7.05 Å². The molecule has 0 saturated carbocycles. The predicted octanol–water partition coefficient (Wildman–Crippen LogP) is 2.12. The van der Waals surface area contributed by atoms with E-state index in [0.717, 1.165) is 17.7 Å². The highest BCUT2D eigenvalue weighted by molar-refractivity contribution is 7.88. The first-order valence-corrected chi connectivity index (χ1v) is 11.3. The first-order chi connectivity index (χ1) is 12.8. The zero-order chi connectivity index (χ0) is 20.3. The summed E-state index contributed by atoms with van der Waals surface area (Å²) >= 11 is 0. The fourth-order valence-electron chi connectivity index (χ4n) is 2.57. The van der Waals surface area contributed by atoms with Crippen LogP contribution in [0.2, 0.25) is 0 Å². The maximum Gasteiger partial charge on any atom is 0.211 e. The normalized spacial score (nSPS) is 12.3. The summed E-state index contributed by atoms with van der Waals surface area (Å²) in [4.78, 5) is 4.22. The molecule has 7 nitrogen and oxygen atoms in total. The van der Waals surface area contributed by atoms with Crippen molar-refractivity contribution in [1.82, 2.24) is 14.9 Å². The molecule has 27 heavy (non-hydrogen) atoms. The van der Waals surface area contributed by atoms with E-state index in [1.807, 2.05) is 19.9 Å². The van der Waals surface area contributed by atoms with Gasteiger partial charge in [0.25, 0.3) is 0 Å². The summed E-state index contributed by atoms with van der Waals surface area (Å²) in [6.45, 7) is 8.89. The van der Waals surface area contributed by atoms with Crippen molar-refractivity contribution in [3.05, 3.63) is 29.3 Å². The summed E-state index contributed by atoms with van der Waals surface area (Å²) in [6.07, 6.45) is 2.91. The maximum atomic E-state index is 11.6. The van der Waals surface area contributed by atoms with Crippen LogP contribution in [0.15, 0.2) is 23.2 Å². The van der Waals surface area contributed by atoms with Gasteiger partial charge in [0, 0.05) is 38.8 Å². The van der Waals surface area contributed by atoms with E-state index in [2.05, 4.69) is 34.7 Å². The van der Waals surface area contributed by atoms with Crippen LogP contribution in [0.4, 0.5) is 0 Å². The first-order valence-electron chi connectivity index (χ1n) is 9.43. The molecule has 0 radical (unpaired) electrons. The molecule has 0 heterocycles. The van der Waals surface area contributed by atoms with Crippen molar-refractivity contribution >= 4 is 16.0 Å². The molecule has 1 rings (SSSR count). The number of guanidine groups is 1. The summed E-state index contributed by atoms with van der Waals surface area (Å²) in [6, 6.07) is 6.18. The Bertz CT molecular complexity index is 705. The largest absolute Gasteiger partial charge is 0.493 e. The molecule has 0 fully saturated rings. The Labute approximate surface area is 164 Å². The number of sulfonamides is 1.